The second-order valence-corrected chi connectivity index (χ2v) is 7.20. The lowest BCUT2D eigenvalue weighted by molar-refractivity contribution is 0.0925. The number of hydrogen-bond donors (Lipinski definition) is 2. The number of para-hydroxylation sites is 1. The van der Waals surface area contributed by atoms with Gasteiger partial charge in [0.25, 0.3) is 5.91 Å². The minimum atomic E-state index is -0.274. The van der Waals surface area contributed by atoms with E-state index < -0.39 is 0 Å². The Morgan fingerprint density at radius 1 is 1.14 bits per heavy atom. The summed E-state index contributed by atoms with van der Waals surface area (Å²) in [5.74, 6) is -0.229. The quantitative estimate of drug-likeness (QED) is 0.718. The normalized spacial score (nSPS) is 16.0. The smallest absolute Gasteiger partial charge is 0.252 e. The summed E-state index contributed by atoms with van der Waals surface area (Å²) in [5, 5.41) is 3.80. The second kappa shape index (κ2) is 8.35. The highest BCUT2D eigenvalue weighted by Crippen LogP contribution is 2.24. The molecule has 4 rings (SSSR count). The number of aromatic nitrogens is 2. The van der Waals surface area contributed by atoms with Crippen molar-refractivity contribution in [2.45, 2.75) is 25.3 Å². The monoisotopic (exact) mass is 376 g/mol. The van der Waals surface area contributed by atoms with Crippen LogP contribution in [0.4, 0.5) is 0 Å². The Morgan fingerprint density at radius 3 is 2.75 bits per heavy atom. The van der Waals surface area contributed by atoms with E-state index in [1.54, 1.807) is 12.3 Å². The van der Waals surface area contributed by atoms with Crippen molar-refractivity contribution in [1.29, 1.82) is 0 Å². The van der Waals surface area contributed by atoms with Crippen molar-refractivity contribution in [1.82, 2.24) is 20.2 Å². The fourth-order valence-corrected chi connectivity index (χ4v) is 3.94. The highest BCUT2D eigenvalue weighted by molar-refractivity contribution is 6.05. The molecule has 1 atom stereocenters. The minimum absolute atomic E-state index is 0.0752. The second-order valence-electron chi connectivity index (χ2n) is 7.20. The maximum atomic E-state index is 12.9. The lowest BCUT2D eigenvalue weighted by atomic mass is 10.0. The zero-order valence-electron chi connectivity index (χ0n) is 15.7. The van der Waals surface area contributed by atoms with Crippen LogP contribution in [-0.2, 0) is 0 Å². The number of H-pyrrole nitrogens is 1. The zero-order valence-corrected chi connectivity index (χ0v) is 15.7. The number of aromatic amines is 1. The molecule has 0 saturated carbocycles. The Balaban J connectivity index is 1.57. The first kappa shape index (κ1) is 18.4. The predicted molar refractivity (Wildman–Crippen MR) is 109 cm³/mol. The standard InChI is InChI=1S/C22H24N4O2/c27-21-13-18(17-8-2-3-9-19(17)25-21)22(28)24-15-20(16-7-6-10-23-14-16)26-11-4-1-5-12-26/h2-3,6-10,13-14,20H,1,4-5,11-12,15H2,(H,24,28)(H,25,27). The van der Waals surface area contributed by atoms with E-state index in [4.69, 9.17) is 0 Å². The van der Waals surface area contributed by atoms with Gasteiger partial charge in [0.15, 0.2) is 0 Å². The first-order chi connectivity index (χ1) is 13.7. The van der Waals surface area contributed by atoms with Crippen molar-refractivity contribution >= 4 is 16.8 Å². The average molecular weight is 376 g/mol. The number of carbonyl (C=O) groups is 1. The van der Waals surface area contributed by atoms with Crippen molar-refractivity contribution in [3.8, 4) is 0 Å². The molecule has 2 N–H and O–H groups in total. The number of carbonyl (C=O) groups excluding carboxylic acids is 1. The molecule has 1 aliphatic heterocycles. The van der Waals surface area contributed by atoms with E-state index >= 15 is 0 Å². The molecule has 6 nitrogen and oxygen atoms in total. The van der Waals surface area contributed by atoms with E-state index in [0.717, 1.165) is 24.0 Å². The van der Waals surface area contributed by atoms with Gasteiger partial charge in [0, 0.05) is 35.9 Å². The highest BCUT2D eigenvalue weighted by atomic mass is 16.2. The zero-order chi connectivity index (χ0) is 19.3. The number of likely N-dealkylation sites (tertiary alicyclic amines) is 1. The molecule has 1 unspecified atom stereocenters. The molecule has 1 aliphatic rings. The molecule has 28 heavy (non-hydrogen) atoms. The summed E-state index contributed by atoms with van der Waals surface area (Å²) < 4.78 is 0. The van der Waals surface area contributed by atoms with Gasteiger partial charge in [0.2, 0.25) is 5.56 Å². The van der Waals surface area contributed by atoms with E-state index in [1.165, 1.54) is 25.3 Å². The Labute approximate surface area is 163 Å². The molecule has 3 heterocycles. The summed E-state index contributed by atoms with van der Waals surface area (Å²) in [7, 11) is 0. The Kier molecular flexibility index (Phi) is 5.48. The highest BCUT2D eigenvalue weighted by Gasteiger charge is 2.23. The third kappa shape index (κ3) is 3.97. The predicted octanol–water partition coefficient (Wildman–Crippen LogP) is 2.88. The van der Waals surface area contributed by atoms with Crippen LogP contribution >= 0.6 is 0 Å². The fraction of sp³-hybridized carbons (Fsp3) is 0.318. The first-order valence-corrected chi connectivity index (χ1v) is 9.76. The Morgan fingerprint density at radius 2 is 1.96 bits per heavy atom. The number of nitrogens with zero attached hydrogens (tertiary/aromatic N) is 2. The maximum absolute atomic E-state index is 12.9. The van der Waals surface area contributed by atoms with E-state index in [1.807, 2.05) is 30.5 Å². The van der Waals surface area contributed by atoms with Crippen molar-refractivity contribution in [2.75, 3.05) is 19.6 Å². The van der Waals surface area contributed by atoms with Gasteiger partial charge in [0.05, 0.1) is 11.6 Å². The van der Waals surface area contributed by atoms with Crippen LogP contribution in [-0.4, -0.2) is 40.4 Å². The molecule has 3 aromatic rings. The lowest BCUT2D eigenvalue weighted by Gasteiger charge is -2.34. The van der Waals surface area contributed by atoms with Crippen LogP contribution in [0.2, 0.25) is 0 Å². The molecule has 1 saturated heterocycles. The molecule has 1 aromatic carbocycles. The van der Waals surface area contributed by atoms with Crippen LogP contribution < -0.4 is 10.9 Å². The molecular weight excluding hydrogens is 352 g/mol. The lowest BCUT2D eigenvalue weighted by Crippen LogP contribution is -2.40. The van der Waals surface area contributed by atoms with Gasteiger partial charge < -0.3 is 10.3 Å². The van der Waals surface area contributed by atoms with Crippen molar-refractivity contribution < 1.29 is 4.79 Å². The molecule has 1 amide bonds. The SMILES string of the molecule is O=C(NCC(c1cccnc1)N1CCCCC1)c1cc(=O)[nH]c2ccccc12. The molecule has 0 bridgehead atoms. The number of pyridine rings is 2. The summed E-state index contributed by atoms with van der Waals surface area (Å²) in [4.78, 5) is 34.3. The van der Waals surface area contributed by atoms with Crippen LogP contribution in [0.15, 0.2) is 59.7 Å². The Bertz CT molecular complexity index is 1010. The van der Waals surface area contributed by atoms with Crippen molar-refractivity contribution in [3.05, 3.63) is 76.3 Å². The van der Waals surface area contributed by atoms with E-state index in [9.17, 15) is 9.59 Å². The van der Waals surface area contributed by atoms with Crippen LogP contribution in [0.5, 0.6) is 0 Å². The molecule has 6 heteroatoms. The maximum Gasteiger partial charge on any atom is 0.252 e. The molecule has 0 radical (unpaired) electrons. The number of hydrogen-bond acceptors (Lipinski definition) is 4. The van der Waals surface area contributed by atoms with Crippen LogP contribution in [0, 0.1) is 0 Å². The van der Waals surface area contributed by atoms with Gasteiger partial charge in [-0.25, -0.2) is 0 Å². The topological polar surface area (TPSA) is 78.1 Å². The molecule has 1 fully saturated rings. The van der Waals surface area contributed by atoms with Gasteiger partial charge in [-0.3, -0.25) is 19.5 Å². The third-order valence-corrected chi connectivity index (χ3v) is 5.35. The Hall–Kier alpha value is -2.99. The summed E-state index contributed by atoms with van der Waals surface area (Å²) in [5.41, 5.74) is 1.90. The molecular formula is C22H24N4O2. The summed E-state index contributed by atoms with van der Waals surface area (Å²) in [6.45, 7) is 2.51. The van der Waals surface area contributed by atoms with Gasteiger partial charge in [0.1, 0.15) is 0 Å². The number of piperidine rings is 1. The molecule has 2 aromatic heterocycles. The first-order valence-electron chi connectivity index (χ1n) is 9.76. The van der Waals surface area contributed by atoms with Crippen LogP contribution in [0.25, 0.3) is 10.9 Å². The van der Waals surface area contributed by atoms with Gasteiger partial charge in [-0.15, -0.1) is 0 Å². The summed E-state index contributed by atoms with van der Waals surface area (Å²) in [6.07, 6.45) is 7.22. The fourth-order valence-electron chi connectivity index (χ4n) is 3.94. The average Bonchev–Trinajstić information content (AvgIpc) is 2.74. The number of benzene rings is 1. The van der Waals surface area contributed by atoms with Gasteiger partial charge in [-0.2, -0.15) is 0 Å². The van der Waals surface area contributed by atoms with Gasteiger partial charge in [-0.05, 0) is 43.6 Å². The van der Waals surface area contributed by atoms with Gasteiger partial charge in [-0.1, -0.05) is 30.7 Å². The molecule has 0 spiro atoms. The molecule has 144 valence electrons. The minimum Gasteiger partial charge on any atom is -0.350 e. The van der Waals surface area contributed by atoms with E-state index in [-0.39, 0.29) is 17.5 Å². The number of rotatable bonds is 5. The van der Waals surface area contributed by atoms with Crippen molar-refractivity contribution in [2.24, 2.45) is 0 Å². The van der Waals surface area contributed by atoms with Crippen molar-refractivity contribution in [3.63, 3.8) is 0 Å². The number of amides is 1. The van der Waals surface area contributed by atoms with Crippen LogP contribution in [0.1, 0.15) is 41.2 Å². The summed E-state index contributed by atoms with van der Waals surface area (Å²) >= 11 is 0. The third-order valence-electron chi connectivity index (χ3n) is 5.35. The van der Waals surface area contributed by atoms with Gasteiger partial charge >= 0.3 is 0 Å². The largest absolute Gasteiger partial charge is 0.350 e. The van der Waals surface area contributed by atoms with E-state index in [0.29, 0.717) is 17.6 Å². The van der Waals surface area contributed by atoms with Crippen LogP contribution in [0.3, 0.4) is 0 Å². The number of fused-ring (bicyclic) bond motifs is 1. The number of nitrogens with one attached hydrogen (secondary N) is 2. The molecule has 0 aliphatic carbocycles. The van der Waals surface area contributed by atoms with E-state index in [2.05, 4.69) is 26.3 Å². The summed E-state index contributed by atoms with van der Waals surface area (Å²) in [6, 6.07) is 12.8.